The van der Waals surface area contributed by atoms with Gasteiger partial charge in [0, 0.05) is 24.1 Å². The number of carbonyl (C=O) groups excluding carboxylic acids is 3. The molecule has 0 bridgehead atoms. The summed E-state index contributed by atoms with van der Waals surface area (Å²) in [5.74, 6) is -2.91. The van der Waals surface area contributed by atoms with Gasteiger partial charge in [0.05, 0.1) is 12.4 Å². The van der Waals surface area contributed by atoms with Gasteiger partial charge >= 0.3 is 5.97 Å². The molecule has 3 amide bonds. The number of aromatic amines is 1. The van der Waals surface area contributed by atoms with Crippen molar-refractivity contribution < 1.29 is 24.3 Å². The maximum Gasteiger partial charge on any atom is 0.325 e. The summed E-state index contributed by atoms with van der Waals surface area (Å²) in [6.07, 6.45) is 3.49. The Bertz CT molecular complexity index is 727. The number of nitrogens with one attached hydrogen (secondary N) is 4. The standard InChI is InChI=1S/C18H30N6O5S/c1-9(2)4-12(19)15(25)23-13(5-11-6-20-8-21-11)16(26)24-14(7-30)17(27)22-10(3)18(28)29/h6,8-10,12-14,30H,4-5,7,19H2,1-3H3,(H,20,21)(H,22,27)(H,23,25)(H,24,26)(H,28,29). The largest absolute Gasteiger partial charge is 0.480 e. The van der Waals surface area contributed by atoms with Crippen LogP contribution in [0.2, 0.25) is 0 Å². The van der Waals surface area contributed by atoms with Gasteiger partial charge in [-0.2, -0.15) is 12.6 Å². The SMILES string of the molecule is CC(C)CC(N)C(=O)NC(Cc1cnc[nH]1)C(=O)NC(CS)C(=O)NC(C)C(=O)O. The Hall–Kier alpha value is -2.60. The molecule has 1 heterocycles. The highest BCUT2D eigenvalue weighted by Gasteiger charge is 2.29. The normalized spacial score (nSPS) is 15.0. The first-order valence-corrected chi connectivity index (χ1v) is 10.2. The van der Waals surface area contributed by atoms with Crippen LogP contribution in [0.1, 0.15) is 32.9 Å². The first-order valence-electron chi connectivity index (χ1n) is 9.52. The Morgan fingerprint density at radius 3 is 2.20 bits per heavy atom. The number of H-pyrrole nitrogens is 1. The molecular formula is C18H30N6O5S. The van der Waals surface area contributed by atoms with Gasteiger partial charge in [-0.3, -0.25) is 19.2 Å². The van der Waals surface area contributed by atoms with Crippen LogP contribution in [0.4, 0.5) is 0 Å². The predicted molar refractivity (Wildman–Crippen MR) is 113 cm³/mol. The smallest absolute Gasteiger partial charge is 0.325 e. The number of imidazole rings is 1. The lowest BCUT2D eigenvalue weighted by Gasteiger charge is -2.24. The molecule has 12 heteroatoms. The number of hydrogen-bond donors (Lipinski definition) is 7. The fraction of sp³-hybridized carbons (Fsp3) is 0.611. The van der Waals surface area contributed by atoms with Crippen LogP contribution in [0.3, 0.4) is 0 Å². The van der Waals surface area contributed by atoms with Gasteiger partial charge in [-0.15, -0.1) is 0 Å². The quantitative estimate of drug-likeness (QED) is 0.199. The maximum absolute atomic E-state index is 12.8. The van der Waals surface area contributed by atoms with E-state index in [9.17, 15) is 19.2 Å². The van der Waals surface area contributed by atoms with Gasteiger partial charge in [0.25, 0.3) is 0 Å². The number of rotatable bonds is 12. The molecule has 4 atom stereocenters. The summed E-state index contributed by atoms with van der Waals surface area (Å²) in [4.78, 5) is 55.2. The molecule has 168 valence electrons. The number of carboxylic acid groups (broad SMARTS) is 1. The Morgan fingerprint density at radius 1 is 1.10 bits per heavy atom. The number of amides is 3. The van der Waals surface area contributed by atoms with Gasteiger partial charge in [-0.05, 0) is 19.3 Å². The second-order valence-electron chi connectivity index (χ2n) is 7.39. The van der Waals surface area contributed by atoms with Crippen LogP contribution in [0.25, 0.3) is 0 Å². The molecule has 0 aliphatic carbocycles. The zero-order valence-corrected chi connectivity index (χ0v) is 18.1. The first kappa shape index (κ1) is 25.4. The van der Waals surface area contributed by atoms with Crippen molar-refractivity contribution >= 4 is 36.3 Å². The number of aliphatic carboxylic acids is 1. The first-order chi connectivity index (χ1) is 14.0. The van der Waals surface area contributed by atoms with E-state index in [0.717, 1.165) is 0 Å². The second kappa shape index (κ2) is 12.2. The number of thiol groups is 1. The highest BCUT2D eigenvalue weighted by molar-refractivity contribution is 7.80. The number of aromatic nitrogens is 2. The molecule has 1 aromatic heterocycles. The predicted octanol–water partition coefficient (Wildman–Crippen LogP) is -1.19. The molecular weight excluding hydrogens is 412 g/mol. The summed E-state index contributed by atoms with van der Waals surface area (Å²) in [5.41, 5.74) is 6.50. The van der Waals surface area contributed by atoms with E-state index in [-0.39, 0.29) is 18.1 Å². The van der Waals surface area contributed by atoms with Gasteiger partial charge in [-0.1, -0.05) is 13.8 Å². The van der Waals surface area contributed by atoms with Crippen molar-refractivity contribution in [3.05, 3.63) is 18.2 Å². The van der Waals surface area contributed by atoms with Crippen LogP contribution < -0.4 is 21.7 Å². The fourth-order valence-corrected chi connectivity index (χ4v) is 2.82. The molecule has 4 unspecified atom stereocenters. The molecule has 0 saturated heterocycles. The monoisotopic (exact) mass is 442 g/mol. The second-order valence-corrected chi connectivity index (χ2v) is 7.76. The Balaban J connectivity index is 2.88. The fourth-order valence-electron chi connectivity index (χ4n) is 2.56. The van der Waals surface area contributed by atoms with Crippen LogP contribution in [0.15, 0.2) is 12.5 Å². The van der Waals surface area contributed by atoms with E-state index in [4.69, 9.17) is 10.8 Å². The summed E-state index contributed by atoms with van der Waals surface area (Å²) in [6.45, 7) is 5.15. The van der Waals surface area contributed by atoms with E-state index in [1.165, 1.54) is 19.4 Å². The number of carbonyl (C=O) groups is 4. The van der Waals surface area contributed by atoms with E-state index in [1.807, 2.05) is 13.8 Å². The van der Waals surface area contributed by atoms with Crippen LogP contribution in [-0.4, -0.2) is 68.7 Å². The Morgan fingerprint density at radius 2 is 1.70 bits per heavy atom. The van der Waals surface area contributed by atoms with E-state index >= 15 is 0 Å². The third-order valence-electron chi connectivity index (χ3n) is 4.22. The van der Waals surface area contributed by atoms with Crippen LogP contribution in [0.5, 0.6) is 0 Å². The molecule has 11 nitrogen and oxygen atoms in total. The minimum Gasteiger partial charge on any atom is -0.480 e. The number of carboxylic acids is 1. The van der Waals surface area contributed by atoms with Gasteiger partial charge in [0.15, 0.2) is 0 Å². The van der Waals surface area contributed by atoms with E-state index in [2.05, 4.69) is 38.5 Å². The van der Waals surface area contributed by atoms with Crippen molar-refractivity contribution in [3.8, 4) is 0 Å². The van der Waals surface area contributed by atoms with Crippen molar-refractivity contribution in [3.63, 3.8) is 0 Å². The minimum atomic E-state index is -1.21. The lowest BCUT2D eigenvalue weighted by molar-refractivity contribution is -0.141. The van der Waals surface area contributed by atoms with Gasteiger partial charge in [0.2, 0.25) is 17.7 Å². The van der Waals surface area contributed by atoms with Gasteiger partial charge < -0.3 is 31.8 Å². The molecule has 0 spiro atoms. The molecule has 0 saturated carbocycles. The van der Waals surface area contributed by atoms with E-state index < -0.39 is 47.9 Å². The van der Waals surface area contributed by atoms with Crippen molar-refractivity contribution in [1.29, 1.82) is 0 Å². The molecule has 0 radical (unpaired) electrons. The summed E-state index contributed by atoms with van der Waals surface area (Å²) in [5, 5.41) is 16.3. The summed E-state index contributed by atoms with van der Waals surface area (Å²) in [6, 6.07) is -4.04. The topological polar surface area (TPSA) is 179 Å². The molecule has 0 aromatic carbocycles. The summed E-state index contributed by atoms with van der Waals surface area (Å²) in [7, 11) is 0. The Kier molecular flexibility index (Phi) is 10.3. The molecule has 0 fully saturated rings. The van der Waals surface area contributed by atoms with Crippen LogP contribution in [-0.2, 0) is 25.6 Å². The molecule has 0 aliphatic heterocycles. The van der Waals surface area contributed by atoms with Crippen molar-refractivity contribution in [2.24, 2.45) is 11.7 Å². The van der Waals surface area contributed by atoms with Crippen LogP contribution >= 0.6 is 12.6 Å². The van der Waals surface area contributed by atoms with Crippen molar-refractivity contribution in [2.45, 2.75) is 57.8 Å². The number of nitrogens with two attached hydrogens (primary N) is 1. The van der Waals surface area contributed by atoms with E-state index in [0.29, 0.717) is 12.1 Å². The minimum absolute atomic E-state index is 0.0680. The van der Waals surface area contributed by atoms with Crippen LogP contribution in [0, 0.1) is 5.92 Å². The highest BCUT2D eigenvalue weighted by atomic mass is 32.1. The average Bonchev–Trinajstić information content (AvgIpc) is 3.17. The number of nitrogens with zero attached hydrogens (tertiary/aromatic N) is 1. The molecule has 1 aromatic rings. The van der Waals surface area contributed by atoms with Crippen molar-refractivity contribution in [1.82, 2.24) is 25.9 Å². The zero-order chi connectivity index (χ0) is 22.8. The molecule has 0 aliphatic rings. The highest BCUT2D eigenvalue weighted by Crippen LogP contribution is 2.05. The Labute approximate surface area is 180 Å². The lowest BCUT2D eigenvalue weighted by atomic mass is 10.0. The average molecular weight is 443 g/mol. The van der Waals surface area contributed by atoms with E-state index in [1.54, 1.807) is 0 Å². The maximum atomic E-state index is 12.8. The third kappa shape index (κ3) is 8.41. The molecule has 1 rings (SSSR count). The van der Waals surface area contributed by atoms with Crippen molar-refractivity contribution in [2.75, 3.05) is 5.75 Å². The zero-order valence-electron chi connectivity index (χ0n) is 17.2. The third-order valence-corrected chi connectivity index (χ3v) is 4.58. The van der Waals surface area contributed by atoms with Gasteiger partial charge in [0.1, 0.15) is 18.1 Å². The summed E-state index contributed by atoms with van der Waals surface area (Å²) >= 11 is 4.05. The number of hydrogen-bond acceptors (Lipinski definition) is 7. The van der Waals surface area contributed by atoms with Gasteiger partial charge in [-0.25, -0.2) is 4.98 Å². The molecule has 30 heavy (non-hydrogen) atoms. The summed E-state index contributed by atoms with van der Waals surface area (Å²) < 4.78 is 0. The lowest BCUT2D eigenvalue weighted by Crippen LogP contribution is -2.58. The molecule has 7 N–H and O–H groups in total.